The summed E-state index contributed by atoms with van der Waals surface area (Å²) in [5, 5.41) is 9.09. The molecule has 0 bridgehead atoms. The normalized spacial score (nSPS) is 14.3. The molecule has 1 fully saturated rings. The van der Waals surface area contributed by atoms with Crippen molar-refractivity contribution >= 4 is 23.1 Å². The number of rotatable bonds is 7. The molecule has 0 aliphatic carbocycles. The van der Waals surface area contributed by atoms with Crippen molar-refractivity contribution < 1.29 is 14.3 Å². The molecule has 0 unspecified atom stereocenters. The van der Waals surface area contributed by atoms with Crippen LogP contribution in [-0.2, 0) is 9.53 Å². The van der Waals surface area contributed by atoms with Gasteiger partial charge in [-0.3, -0.25) is 9.69 Å². The minimum Gasteiger partial charge on any atom is -0.447 e. The van der Waals surface area contributed by atoms with Gasteiger partial charge in [-0.05, 0) is 29.7 Å². The first-order valence-corrected chi connectivity index (χ1v) is 9.43. The Labute approximate surface area is 164 Å². The molecular formula is C23H22N2O3. The van der Waals surface area contributed by atoms with E-state index in [1.165, 1.54) is 4.90 Å². The lowest BCUT2D eigenvalue weighted by Crippen LogP contribution is -2.25. The Morgan fingerprint density at radius 1 is 1.11 bits per heavy atom. The molecule has 2 aromatic carbocycles. The van der Waals surface area contributed by atoms with Crippen LogP contribution in [-0.4, -0.2) is 29.9 Å². The van der Waals surface area contributed by atoms with Gasteiger partial charge in [0.2, 0.25) is 0 Å². The average Bonchev–Trinajstić information content (AvgIpc) is 3.16. The van der Waals surface area contributed by atoms with Gasteiger partial charge in [-0.2, -0.15) is 5.26 Å². The molecule has 0 aromatic heterocycles. The molecule has 1 amide bonds. The van der Waals surface area contributed by atoms with Crippen molar-refractivity contribution in [3.63, 3.8) is 0 Å². The predicted molar refractivity (Wildman–Crippen MR) is 107 cm³/mol. The zero-order valence-corrected chi connectivity index (χ0v) is 15.9. The molecule has 0 saturated carbocycles. The van der Waals surface area contributed by atoms with E-state index in [1.54, 1.807) is 24.3 Å². The van der Waals surface area contributed by atoms with E-state index in [0.717, 1.165) is 18.4 Å². The van der Waals surface area contributed by atoms with Gasteiger partial charge in [-0.25, -0.2) is 4.79 Å². The minimum atomic E-state index is -0.462. The monoisotopic (exact) mass is 374 g/mol. The van der Waals surface area contributed by atoms with Crippen LogP contribution in [0.5, 0.6) is 0 Å². The molecule has 2 aromatic rings. The number of Topliss-reactive ketones (excluding diaryl/α,β-unsaturated/α-hetero) is 1. The molecule has 28 heavy (non-hydrogen) atoms. The number of nitrogens with zero attached hydrogens (tertiary/aromatic N) is 2. The number of hydrogen-bond donors (Lipinski definition) is 0. The average molecular weight is 374 g/mol. The van der Waals surface area contributed by atoms with Gasteiger partial charge >= 0.3 is 6.09 Å². The van der Waals surface area contributed by atoms with E-state index >= 15 is 0 Å². The second-order valence-corrected chi connectivity index (χ2v) is 6.57. The number of amides is 1. The molecule has 5 heteroatoms. The maximum Gasteiger partial charge on any atom is 0.414 e. The van der Waals surface area contributed by atoms with Gasteiger partial charge in [0.15, 0.2) is 5.78 Å². The third kappa shape index (κ3) is 4.12. The standard InChI is InChI=1S/C23H22N2O3/c1-2-3-9-20(26)21(18-7-5-4-6-8-18)22(25-14-15-28-23(25)27)19-12-10-17(16-24)11-13-19/h4-8,10-13H,2-3,9,14-15H2,1H3/b22-21+. The van der Waals surface area contributed by atoms with Crippen LogP contribution in [0.2, 0.25) is 0 Å². The van der Waals surface area contributed by atoms with Crippen molar-refractivity contribution in [3.05, 3.63) is 71.3 Å². The second-order valence-electron chi connectivity index (χ2n) is 6.57. The second kappa shape index (κ2) is 9.01. The number of benzene rings is 2. The fourth-order valence-electron chi connectivity index (χ4n) is 3.23. The molecule has 0 radical (unpaired) electrons. The van der Waals surface area contributed by atoms with Gasteiger partial charge < -0.3 is 4.74 Å². The first-order chi connectivity index (χ1) is 13.7. The lowest BCUT2D eigenvalue weighted by atomic mass is 9.92. The topological polar surface area (TPSA) is 70.4 Å². The maximum atomic E-state index is 13.2. The Hall–Kier alpha value is -3.39. The quantitative estimate of drug-likeness (QED) is 0.523. The van der Waals surface area contributed by atoms with Gasteiger partial charge in [0.05, 0.1) is 23.9 Å². The fourth-order valence-corrected chi connectivity index (χ4v) is 3.23. The Morgan fingerprint density at radius 3 is 2.39 bits per heavy atom. The number of carbonyl (C=O) groups excluding carboxylic acids is 2. The molecule has 0 atom stereocenters. The summed E-state index contributed by atoms with van der Waals surface area (Å²) in [7, 11) is 0. The highest BCUT2D eigenvalue weighted by Gasteiger charge is 2.31. The summed E-state index contributed by atoms with van der Waals surface area (Å²) in [6.07, 6.45) is 1.63. The molecule has 1 saturated heterocycles. The Balaban J connectivity index is 2.23. The molecular weight excluding hydrogens is 352 g/mol. The van der Waals surface area contributed by atoms with E-state index < -0.39 is 6.09 Å². The van der Waals surface area contributed by atoms with Crippen LogP contribution < -0.4 is 0 Å². The number of ketones is 1. The first kappa shape index (κ1) is 19.4. The molecule has 0 spiro atoms. The number of hydrogen-bond acceptors (Lipinski definition) is 4. The zero-order chi connectivity index (χ0) is 19.9. The smallest absolute Gasteiger partial charge is 0.414 e. The van der Waals surface area contributed by atoms with E-state index in [0.29, 0.717) is 35.4 Å². The summed E-state index contributed by atoms with van der Waals surface area (Å²) in [6, 6.07) is 18.4. The highest BCUT2D eigenvalue weighted by molar-refractivity contribution is 6.28. The summed E-state index contributed by atoms with van der Waals surface area (Å²) in [4.78, 5) is 27.1. The SMILES string of the molecule is CCCCC(=O)/C(=C(\c1ccc(C#N)cc1)N1CCOC1=O)c1ccccc1. The summed E-state index contributed by atoms with van der Waals surface area (Å²) in [5.41, 5.74) is 3.05. The summed E-state index contributed by atoms with van der Waals surface area (Å²) >= 11 is 0. The zero-order valence-electron chi connectivity index (χ0n) is 15.9. The van der Waals surface area contributed by atoms with E-state index in [-0.39, 0.29) is 12.4 Å². The van der Waals surface area contributed by atoms with Crippen LogP contribution in [0.3, 0.4) is 0 Å². The first-order valence-electron chi connectivity index (χ1n) is 9.43. The minimum absolute atomic E-state index is 0.00731. The van der Waals surface area contributed by atoms with Crippen molar-refractivity contribution in [2.45, 2.75) is 26.2 Å². The number of cyclic esters (lactones) is 1. The van der Waals surface area contributed by atoms with Crippen LogP contribution in [0.1, 0.15) is 42.9 Å². The van der Waals surface area contributed by atoms with Crippen molar-refractivity contribution in [2.75, 3.05) is 13.2 Å². The van der Waals surface area contributed by atoms with Crippen molar-refractivity contribution in [3.8, 4) is 6.07 Å². The Morgan fingerprint density at radius 2 is 1.82 bits per heavy atom. The molecule has 1 heterocycles. The van der Waals surface area contributed by atoms with E-state index in [9.17, 15) is 9.59 Å². The third-order valence-corrected chi connectivity index (χ3v) is 4.65. The number of ether oxygens (including phenoxy) is 1. The molecule has 1 aliphatic rings. The van der Waals surface area contributed by atoms with Gasteiger partial charge in [0.1, 0.15) is 6.61 Å². The number of unbranched alkanes of at least 4 members (excludes halogenated alkanes) is 1. The van der Waals surface area contributed by atoms with Crippen molar-refractivity contribution in [2.24, 2.45) is 0 Å². The summed E-state index contributed by atoms with van der Waals surface area (Å²) in [6.45, 7) is 2.70. The van der Waals surface area contributed by atoms with Gasteiger partial charge in [-0.1, -0.05) is 55.8 Å². The van der Waals surface area contributed by atoms with E-state index in [2.05, 4.69) is 6.07 Å². The molecule has 3 rings (SSSR count). The largest absolute Gasteiger partial charge is 0.447 e. The lowest BCUT2D eigenvalue weighted by Gasteiger charge is -2.22. The fraction of sp³-hybridized carbons (Fsp3) is 0.261. The lowest BCUT2D eigenvalue weighted by molar-refractivity contribution is -0.113. The van der Waals surface area contributed by atoms with Crippen molar-refractivity contribution in [1.29, 1.82) is 5.26 Å². The van der Waals surface area contributed by atoms with Gasteiger partial charge in [0, 0.05) is 12.0 Å². The highest BCUT2D eigenvalue weighted by Crippen LogP contribution is 2.33. The molecule has 142 valence electrons. The number of allylic oxidation sites excluding steroid dienone is 1. The molecule has 1 aliphatic heterocycles. The van der Waals surface area contributed by atoms with Crippen LogP contribution in [0.4, 0.5) is 4.79 Å². The number of carbonyl (C=O) groups is 2. The molecule has 5 nitrogen and oxygen atoms in total. The third-order valence-electron chi connectivity index (χ3n) is 4.65. The van der Waals surface area contributed by atoms with Crippen LogP contribution >= 0.6 is 0 Å². The Bertz CT molecular complexity index is 925. The van der Waals surface area contributed by atoms with Gasteiger partial charge in [-0.15, -0.1) is 0 Å². The van der Waals surface area contributed by atoms with E-state index in [4.69, 9.17) is 10.00 Å². The van der Waals surface area contributed by atoms with Crippen LogP contribution in [0, 0.1) is 11.3 Å². The summed E-state index contributed by atoms with van der Waals surface area (Å²) < 4.78 is 5.15. The van der Waals surface area contributed by atoms with Gasteiger partial charge in [0.25, 0.3) is 0 Å². The maximum absolute atomic E-state index is 13.2. The highest BCUT2D eigenvalue weighted by atomic mass is 16.6. The predicted octanol–water partition coefficient (Wildman–Crippen LogP) is 4.64. The van der Waals surface area contributed by atoms with Crippen molar-refractivity contribution in [1.82, 2.24) is 4.90 Å². The van der Waals surface area contributed by atoms with Crippen LogP contribution in [0.25, 0.3) is 11.3 Å². The van der Waals surface area contributed by atoms with Crippen LogP contribution in [0.15, 0.2) is 54.6 Å². The van der Waals surface area contributed by atoms with E-state index in [1.807, 2.05) is 37.3 Å². The number of nitriles is 1. The molecule has 0 N–H and O–H groups in total. The Kier molecular flexibility index (Phi) is 6.23. The summed E-state index contributed by atoms with van der Waals surface area (Å²) in [5.74, 6) is -0.00731.